The van der Waals surface area contributed by atoms with Gasteiger partial charge in [-0.1, -0.05) is 26.7 Å². The van der Waals surface area contributed by atoms with Gasteiger partial charge in [0, 0.05) is 18.1 Å². The summed E-state index contributed by atoms with van der Waals surface area (Å²) in [7, 11) is 0. The Morgan fingerprint density at radius 2 is 1.35 bits per heavy atom. The summed E-state index contributed by atoms with van der Waals surface area (Å²) >= 11 is 0. The minimum absolute atomic E-state index is 0.111. The monoisotopic (exact) mass is 287 g/mol. The number of carboxylic acid groups (broad SMARTS) is 1. The quantitative estimate of drug-likeness (QED) is 0.697. The molecule has 0 saturated carbocycles. The van der Waals surface area contributed by atoms with E-state index in [9.17, 15) is 4.79 Å². The fourth-order valence-electron chi connectivity index (χ4n) is 2.74. The van der Waals surface area contributed by atoms with Crippen molar-refractivity contribution in [3.63, 3.8) is 0 Å². The largest absolute Gasteiger partial charge is 0.481 e. The van der Waals surface area contributed by atoms with Gasteiger partial charge >= 0.3 is 5.97 Å². The predicted molar refractivity (Wildman–Crippen MR) is 88.2 cm³/mol. The Bertz CT molecular complexity index is 218. The van der Waals surface area contributed by atoms with Crippen LogP contribution in [0.2, 0.25) is 0 Å². The fraction of sp³-hybridized carbons (Fsp3) is 0.941. The van der Waals surface area contributed by atoms with E-state index in [1.807, 2.05) is 6.92 Å². The number of rotatable bonds is 8. The maximum atomic E-state index is 10.4. The second-order valence-electron chi connectivity index (χ2n) is 6.31. The number of nitrogens with zero attached hydrogens (tertiary/aromatic N) is 1. The summed E-state index contributed by atoms with van der Waals surface area (Å²) in [5.74, 6) is -0.754. The maximum Gasteiger partial charge on any atom is 0.306 e. The summed E-state index contributed by atoms with van der Waals surface area (Å²) in [5.41, 5.74) is 0. The van der Waals surface area contributed by atoms with Crippen molar-refractivity contribution < 1.29 is 9.90 Å². The summed E-state index contributed by atoms with van der Waals surface area (Å²) in [6, 6.07) is 2.00. The zero-order chi connectivity index (χ0) is 16.3. The van der Waals surface area contributed by atoms with Gasteiger partial charge in [0.05, 0.1) is 5.92 Å². The molecule has 0 aliphatic rings. The first-order valence-electron chi connectivity index (χ1n) is 8.19. The van der Waals surface area contributed by atoms with E-state index in [0.717, 1.165) is 25.7 Å². The maximum absolute atomic E-state index is 10.4. The van der Waals surface area contributed by atoms with Crippen molar-refractivity contribution in [2.45, 2.75) is 99.2 Å². The van der Waals surface area contributed by atoms with Crippen LogP contribution in [-0.4, -0.2) is 34.1 Å². The number of unbranched alkanes of at least 4 members (excludes halogenated alkanes) is 1. The molecule has 20 heavy (non-hydrogen) atoms. The van der Waals surface area contributed by atoms with Crippen LogP contribution in [0, 0.1) is 5.92 Å². The average molecular weight is 287 g/mol. The molecule has 0 aromatic heterocycles. The molecule has 3 heteroatoms. The van der Waals surface area contributed by atoms with E-state index in [2.05, 4.69) is 53.4 Å². The summed E-state index contributed by atoms with van der Waals surface area (Å²) in [6.45, 7) is 17.5. The lowest BCUT2D eigenvalue weighted by Gasteiger charge is -2.34. The molecule has 0 bridgehead atoms. The first kappa shape index (κ1) is 21.7. The van der Waals surface area contributed by atoms with E-state index in [4.69, 9.17) is 5.11 Å². The molecular formula is C17H37NO2. The SMILES string of the molecule is CC(C)N(C(C)C)C(C)C.CCCCC(CC)C(=O)O. The molecule has 1 atom stereocenters. The fourth-order valence-corrected chi connectivity index (χ4v) is 2.74. The molecule has 0 rings (SSSR count). The van der Waals surface area contributed by atoms with Gasteiger partial charge in [-0.3, -0.25) is 9.69 Å². The van der Waals surface area contributed by atoms with Gasteiger partial charge in [-0.25, -0.2) is 0 Å². The molecule has 0 fully saturated rings. The minimum atomic E-state index is -0.643. The first-order valence-corrected chi connectivity index (χ1v) is 8.19. The normalized spacial score (nSPS) is 12.8. The molecular weight excluding hydrogens is 250 g/mol. The zero-order valence-corrected chi connectivity index (χ0v) is 14.9. The van der Waals surface area contributed by atoms with Gasteiger partial charge in [0.15, 0.2) is 0 Å². The van der Waals surface area contributed by atoms with Crippen molar-refractivity contribution in [1.29, 1.82) is 0 Å². The topological polar surface area (TPSA) is 40.5 Å². The number of carboxylic acids is 1. The van der Waals surface area contributed by atoms with E-state index >= 15 is 0 Å². The predicted octanol–water partition coefficient (Wildman–Crippen LogP) is 4.80. The van der Waals surface area contributed by atoms with Gasteiger partial charge in [-0.15, -0.1) is 0 Å². The highest BCUT2D eigenvalue weighted by Gasteiger charge is 2.15. The van der Waals surface area contributed by atoms with Crippen LogP contribution in [0.5, 0.6) is 0 Å². The van der Waals surface area contributed by atoms with Crippen molar-refractivity contribution in [2.24, 2.45) is 5.92 Å². The Morgan fingerprint density at radius 1 is 0.950 bits per heavy atom. The lowest BCUT2D eigenvalue weighted by atomic mass is 10.00. The van der Waals surface area contributed by atoms with Crippen LogP contribution in [0.25, 0.3) is 0 Å². The van der Waals surface area contributed by atoms with Gasteiger partial charge in [0.25, 0.3) is 0 Å². The third kappa shape index (κ3) is 10.2. The Kier molecular flexibility index (Phi) is 13.2. The molecule has 0 aromatic carbocycles. The molecule has 0 aliphatic carbocycles. The van der Waals surface area contributed by atoms with Crippen molar-refractivity contribution in [1.82, 2.24) is 4.90 Å². The molecule has 0 aliphatic heterocycles. The Morgan fingerprint density at radius 3 is 1.50 bits per heavy atom. The molecule has 122 valence electrons. The second-order valence-corrected chi connectivity index (χ2v) is 6.31. The molecule has 3 nitrogen and oxygen atoms in total. The molecule has 1 unspecified atom stereocenters. The van der Waals surface area contributed by atoms with E-state index < -0.39 is 5.97 Å². The van der Waals surface area contributed by atoms with E-state index in [0.29, 0.717) is 18.1 Å². The Balaban J connectivity index is 0. The van der Waals surface area contributed by atoms with E-state index in [1.165, 1.54) is 0 Å². The van der Waals surface area contributed by atoms with Crippen molar-refractivity contribution in [2.75, 3.05) is 0 Å². The number of aliphatic carboxylic acids is 1. The van der Waals surface area contributed by atoms with Gasteiger partial charge in [-0.2, -0.15) is 0 Å². The lowest BCUT2D eigenvalue weighted by Crippen LogP contribution is -2.42. The molecule has 0 spiro atoms. The van der Waals surface area contributed by atoms with Gasteiger partial charge < -0.3 is 5.11 Å². The first-order chi connectivity index (χ1) is 9.18. The summed E-state index contributed by atoms with van der Waals surface area (Å²) < 4.78 is 0. The summed E-state index contributed by atoms with van der Waals surface area (Å²) in [4.78, 5) is 12.9. The number of hydrogen-bond donors (Lipinski definition) is 1. The molecule has 1 N–H and O–H groups in total. The Hall–Kier alpha value is -0.570. The number of hydrogen-bond acceptors (Lipinski definition) is 2. The molecule has 0 heterocycles. The van der Waals surface area contributed by atoms with Crippen molar-refractivity contribution in [3.05, 3.63) is 0 Å². The van der Waals surface area contributed by atoms with Gasteiger partial charge in [0.2, 0.25) is 0 Å². The molecule has 0 saturated heterocycles. The van der Waals surface area contributed by atoms with Crippen LogP contribution in [0.4, 0.5) is 0 Å². The summed E-state index contributed by atoms with van der Waals surface area (Å²) in [5, 5.41) is 8.60. The van der Waals surface area contributed by atoms with Gasteiger partial charge in [-0.05, 0) is 54.4 Å². The van der Waals surface area contributed by atoms with E-state index in [1.54, 1.807) is 0 Å². The van der Waals surface area contributed by atoms with E-state index in [-0.39, 0.29) is 5.92 Å². The highest BCUT2D eigenvalue weighted by Crippen LogP contribution is 2.11. The smallest absolute Gasteiger partial charge is 0.306 e. The van der Waals surface area contributed by atoms with Gasteiger partial charge in [0.1, 0.15) is 0 Å². The number of carbonyl (C=O) groups is 1. The third-order valence-corrected chi connectivity index (χ3v) is 3.54. The Labute approximate surface area is 126 Å². The molecule has 0 radical (unpaired) electrons. The zero-order valence-electron chi connectivity index (χ0n) is 14.9. The van der Waals surface area contributed by atoms with Crippen molar-refractivity contribution >= 4 is 5.97 Å². The van der Waals surface area contributed by atoms with Crippen LogP contribution >= 0.6 is 0 Å². The highest BCUT2D eigenvalue weighted by molar-refractivity contribution is 5.69. The van der Waals surface area contributed by atoms with Crippen LogP contribution in [0.1, 0.15) is 81.1 Å². The molecule has 0 amide bonds. The molecule has 0 aromatic rings. The summed E-state index contributed by atoms with van der Waals surface area (Å²) in [6.07, 6.45) is 3.71. The highest BCUT2D eigenvalue weighted by atomic mass is 16.4. The van der Waals surface area contributed by atoms with Crippen LogP contribution in [-0.2, 0) is 4.79 Å². The van der Waals surface area contributed by atoms with Crippen LogP contribution in [0.3, 0.4) is 0 Å². The van der Waals surface area contributed by atoms with Crippen LogP contribution < -0.4 is 0 Å². The lowest BCUT2D eigenvalue weighted by molar-refractivity contribution is -0.142. The minimum Gasteiger partial charge on any atom is -0.481 e. The standard InChI is InChI=1S/C9H21N.C8H16O2/c1-7(2)10(8(3)4)9(5)6;1-3-5-6-7(4-2)8(9)10/h7-9H,1-6H3;7H,3-6H2,1-2H3,(H,9,10). The second kappa shape index (κ2) is 12.2. The van der Waals surface area contributed by atoms with Crippen molar-refractivity contribution in [3.8, 4) is 0 Å². The third-order valence-electron chi connectivity index (χ3n) is 3.54. The average Bonchev–Trinajstić information content (AvgIpc) is 2.28. The van der Waals surface area contributed by atoms with Crippen LogP contribution in [0.15, 0.2) is 0 Å².